The summed E-state index contributed by atoms with van der Waals surface area (Å²) in [6.45, 7) is 5.48. The number of nitrogens with zero attached hydrogens (tertiary/aromatic N) is 2. The quantitative estimate of drug-likeness (QED) is 0.857. The summed E-state index contributed by atoms with van der Waals surface area (Å²) >= 11 is 6.33. The van der Waals surface area contributed by atoms with E-state index < -0.39 is 0 Å². The molecule has 0 saturated heterocycles. The Kier molecular flexibility index (Phi) is 6.37. The molecule has 0 unspecified atom stereocenters. The predicted molar refractivity (Wildman–Crippen MR) is 103 cm³/mol. The van der Waals surface area contributed by atoms with E-state index in [0.29, 0.717) is 22.0 Å². The second-order valence-electron chi connectivity index (χ2n) is 6.07. The van der Waals surface area contributed by atoms with Gasteiger partial charge < -0.3 is 10.2 Å². The molecule has 2 aromatic rings. The smallest absolute Gasteiger partial charge is 0.226 e. The van der Waals surface area contributed by atoms with Crippen molar-refractivity contribution in [2.24, 2.45) is 0 Å². The Morgan fingerprint density at radius 3 is 2.58 bits per heavy atom. The highest BCUT2D eigenvalue weighted by Gasteiger charge is 2.19. The number of aryl methyl sites for hydroxylation is 2. The van der Waals surface area contributed by atoms with Crippen molar-refractivity contribution in [1.29, 1.82) is 5.26 Å². The summed E-state index contributed by atoms with van der Waals surface area (Å²) in [6.07, 6.45) is 0.111. The Morgan fingerprint density at radius 1 is 1.23 bits per heavy atom. The first-order valence-electron chi connectivity index (χ1n) is 8.16. The van der Waals surface area contributed by atoms with Crippen LogP contribution < -0.4 is 10.2 Å². The SMILES string of the molecule is CC(=O)N(CCC(=O)Nc1cccc(C#N)c1)c1c(C)cc(C)cc1Cl. The van der Waals surface area contributed by atoms with Crippen molar-refractivity contribution in [2.75, 3.05) is 16.8 Å². The summed E-state index contributed by atoms with van der Waals surface area (Å²) in [5, 5.41) is 12.1. The number of nitrogens with one attached hydrogen (secondary N) is 1. The molecule has 1 N–H and O–H groups in total. The fraction of sp³-hybridized carbons (Fsp3) is 0.250. The molecule has 2 amide bonds. The molecule has 0 heterocycles. The van der Waals surface area contributed by atoms with Crippen LogP contribution in [0.25, 0.3) is 0 Å². The molecule has 0 saturated carbocycles. The minimum Gasteiger partial charge on any atom is -0.326 e. The molecule has 0 aliphatic rings. The summed E-state index contributed by atoms with van der Waals surface area (Å²) < 4.78 is 0. The molecular weight excluding hydrogens is 350 g/mol. The summed E-state index contributed by atoms with van der Waals surface area (Å²) in [5.41, 5.74) is 3.54. The lowest BCUT2D eigenvalue weighted by molar-refractivity contribution is -0.117. The van der Waals surface area contributed by atoms with Crippen molar-refractivity contribution in [1.82, 2.24) is 0 Å². The van der Waals surface area contributed by atoms with Crippen molar-refractivity contribution >= 4 is 34.8 Å². The fourth-order valence-corrected chi connectivity index (χ4v) is 3.20. The fourth-order valence-electron chi connectivity index (χ4n) is 2.78. The molecule has 0 radical (unpaired) electrons. The van der Waals surface area contributed by atoms with Crippen molar-refractivity contribution in [3.8, 4) is 6.07 Å². The number of amides is 2. The van der Waals surface area contributed by atoms with E-state index in [1.54, 1.807) is 30.3 Å². The zero-order chi connectivity index (χ0) is 19.3. The molecule has 0 aromatic heterocycles. The topological polar surface area (TPSA) is 73.2 Å². The molecule has 5 nitrogen and oxygen atoms in total. The number of carbonyl (C=O) groups excluding carboxylic acids is 2. The average Bonchev–Trinajstić information content (AvgIpc) is 2.56. The molecule has 0 aliphatic carbocycles. The average molecular weight is 370 g/mol. The molecule has 0 spiro atoms. The highest BCUT2D eigenvalue weighted by Crippen LogP contribution is 2.31. The van der Waals surface area contributed by atoms with Crippen LogP contribution in [0.5, 0.6) is 0 Å². The number of hydrogen-bond acceptors (Lipinski definition) is 3. The summed E-state index contributed by atoms with van der Waals surface area (Å²) in [5.74, 6) is -0.426. The molecule has 2 aromatic carbocycles. The molecule has 2 rings (SSSR count). The zero-order valence-corrected chi connectivity index (χ0v) is 15.7. The van der Waals surface area contributed by atoms with Crippen LogP contribution in [0, 0.1) is 25.2 Å². The van der Waals surface area contributed by atoms with Crippen molar-refractivity contribution < 1.29 is 9.59 Å². The largest absolute Gasteiger partial charge is 0.326 e. The van der Waals surface area contributed by atoms with Crippen LogP contribution in [-0.4, -0.2) is 18.4 Å². The second kappa shape index (κ2) is 8.50. The molecule has 0 bridgehead atoms. The van der Waals surface area contributed by atoms with Gasteiger partial charge in [-0.05, 0) is 49.2 Å². The molecule has 6 heteroatoms. The van der Waals surface area contributed by atoms with E-state index in [9.17, 15) is 9.59 Å². The van der Waals surface area contributed by atoms with Gasteiger partial charge in [0.05, 0.1) is 22.3 Å². The highest BCUT2D eigenvalue weighted by atomic mass is 35.5. The van der Waals surface area contributed by atoms with E-state index >= 15 is 0 Å². The van der Waals surface area contributed by atoms with Gasteiger partial charge in [0.1, 0.15) is 0 Å². The number of carbonyl (C=O) groups is 2. The van der Waals surface area contributed by atoms with Gasteiger partial charge in [-0.25, -0.2) is 0 Å². The molecule has 0 fully saturated rings. The molecule has 26 heavy (non-hydrogen) atoms. The van der Waals surface area contributed by atoms with Crippen LogP contribution in [-0.2, 0) is 9.59 Å². The third-order valence-electron chi connectivity index (χ3n) is 3.89. The number of nitriles is 1. The molecule has 0 atom stereocenters. The van der Waals surface area contributed by atoms with Gasteiger partial charge in [-0.1, -0.05) is 23.7 Å². The number of anilines is 2. The van der Waals surface area contributed by atoms with Crippen LogP contribution in [0.15, 0.2) is 36.4 Å². The summed E-state index contributed by atoms with van der Waals surface area (Å²) in [6, 6.07) is 12.4. The van der Waals surface area contributed by atoms with E-state index in [1.807, 2.05) is 26.0 Å². The van der Waals surface area contributed by atoms with Crippen LogP contribution in [0.4, 0.5) is 11.4 Å². The number of benzene rings is 2. The van der Waals surface area contributed by atoms with Crippen LogP contribution in [0.2, 0.25) is 5.02 Å². The van der Waals surface area contributed by atoms with Gasteiger partial charge in [-0.2, -0.15) is 5.26 Å². The Balaban J connectivity index is 2.11. The van der Waals surface area contributed by atoms with Crippen molar-refractivity contribution in [2.45, 2.75) is 27.2 Å². The van der Waals surface area contributed by atoms with Gasteiger partial charge in [-0.3, -0.25) is 9.59 Å². The van der Waals surface area contributed by atoms with Crippen LogP contribution in [0.1, 0.15) is 30.0 Å². The first kappa shape index (κ1) is 19.5. The minimum atomic E-state index is -0.243. The lowest BCUT2D eigenvalue weighted by Crippen LogP contribution is -2.32. The Bertz CT molecular complexity index is 864. The Morgan fingerprint density at radius 2 is 1.96 bits per heavy atom. The van der Waals surface area contributed by atoms with Gasteiger partial charge in [0.25, 0.3) is 0 Å². The second-order valence-corrected chi connectivity index (χ2v) is 6.48. The molecular formula is C20H20ClN3O2. The first-order chi connectivity index (χ1) is 12.3. The molecule has 0 aliphatic heterocycles. The van der Waals surface area contributed by atoms with E-state index in [0.717, 1.165) is 11.1 Å². The molecule has 134 valence electrons. The Hall–Kier alpha value is -2.84. The maximum absolute atomic E-state index is 12.2. The normalized spacial score (nSPS) is 10.1. The minimum absolute atomic E-state index is 0.111. The van der Waals surface area contributed by atoms with Crippen LogP contribution >= 0.6 is 11.6 Å². The van der Waals surface area contributed by atoms with E-state index in [4.69, 9.17) is 16.9 Å². The summed E-state index contributed by atoms with van der Waals surface area (Å²) in [7, 11) is 0. The monoisotopic (exact) mass is 369 g/mol. The highest BCUT2D eigenvalue weighted by molar-refractivity contribution is 6.34. The van der Waals surface area contributed by atoms with E-state index in [-0.39, 0.29) is 24.8 Å². The summed E-state index contributed by atoms with van der Waals surface area (Å²) in [4.78, 5) is 25.8. The maximum Gasteiger partial charge on any atom is 0.226 e. The number of halogens is 1. The maximum atomic E-state index is 12.2. The van der Waals surface area contributed by atoms with Gasteiger partial charge >= 0.3 is 0 Å². The lowest BCUT2D eigenvalue weighted by Gasteiger charge is -2.24. The van der Waals surface area contributed by atoms with Crippen LogP contribution in [0.3, 0.4) is 0 Å². The third-order valence-corrected chi connectivity index (χ3v) is 4.17. The van der Waals surface area contributed by atoms with E-state index in [1.165, 1.54) is 11.8 Å². The van der Waals surface area contributed by atoms with E-state index in [2.05, 4.69) is 5.32 Å². The van der Waals surface area contributed by atoms with Gasteiger partial charge in [-0.15, -0.1) is 0 Å². The first-order valence-corrected chi connectivity index (χ1v) is 8.54. The third kappa shape index (κ3) is 4.84. The van der Waals surface area contributed by atoms with Gasteiger partial charge in [0.15, 0.2) is 0 Å². The zero-order valence-electron chi connectivity index (χ0n) is 15.0. The standard InChI is InChI=1S/C20H20ClN3O2/c1-13-9-14(2)20(18(21)10-13)24(15(3)25)8-7-19(26)23-17-6-4-5-16(11-17)12-22/h4-6,9-11H,7-8H2,1-3H3,(H,23,26). The number of hydrogen-bond donors (Lipinski definition) is 1. The van der Waals surface area contributed by atoms with Crippen molar-refractivity contribution in [3.05, 3.63) is 58.1 Å². The Labute approximate surface area is 158 Å². The van der Waals surface area contributed by atoms with Crippen molar-refractivity contribution in [3.63, 3.8) is 0 Å². The van der Waals surface area contributed by atoms with Gasteiger partial charge in [0.2, 0.25) is 11.8 Å². The predicted octanol–water partition coefficient (Wildman–Crippen LogP) is 4.21. The van der Waals surface area contributed by atoms with Gasteiger partial charge in [0, 0.05) is 25.6 Å². The number of rotatable bonds is 5. The lowest BCUT2D eigenvalue weighted by atomic mass is 10.1.